The minimum Gasteiger partial charge on any atom is -0.378 e. The van der Waals surface area contributed by atoms with Crippen LogP contribution < -0.4 is 10.5 Å². The molecule has 3 aliphatic rings. The molecule has 0 unspecified atom stereocenters. The van der Waals surface area contributed by atoms with E-state index in [2.05, 4.69) is 45.1 Å². The van der Waals surface area contributed by atoms with E-state index in [1.54, 1.807) is 0 Å². The molecule has 0 amide bonds. The maximum absolute atomic E-state index is 12.8. The molecule has 1 aromatic carbocycles. The number of pyridine rings is 1. The summed E-state index contributed by atoms with van der Waals surface area (Å²) in [4.78, 5) is 30.4. The fourth-order valence-corrected chi connectivity index (χ4v) is 5.62. The fourth-order valence-electron chi connectivity index (χ4n) is 5.62. The van der Waals surface area contributed by atoms with Crippen LogP contribution in [0.15, 0.2) is 41.2 Å². The summed E-state index contributed by atoms with van der Waals surface area (Å²) in [6.45, 7) is 5.82. The second-order valence-electron chi connectivity index (χ2n) is 9.37. The summed E-state index contributed by atoms with van der Waals surface area (Å²) in [6, 6.07) is 12.6. The van der Waals surface area contributed by atoms with Gasteiger partial charge in [0.25, 0.3) is 5.56 Å². The van der Waals surface area contributed by atoms with Gasteiger partial charge in [-0.2, -0.15) is 0 Å². The number of H-pyrrole nitrogens is 1. The van der Waals surface area contributed by atoms with Gasteiger partial charge in [0.05, 0.1) is 30.1 Å². The lowest BCUT2D eigenvalue weighted by atomic mass is 9.76. The first kappa shape index (κ1) is 19.9. The van der Waals surface area contributed by atoms with Crippen molar-refractivity contribution in [2.24, 2.45) is 0 Å². The lowest BCUT2D eigenvalue weighted by Crippen LogP contribution is -2.43. The molecule has 7 heteroatoms. The highest BCUT2D eigenvalue weighted by molar-refractivity contribution is 5.78. The summed E-state index contributed by atoms with van der Waals surface area (Å²) >= 11 is 0. The standard InChI is InChI=1S/C25H29N5O2/c31-23-20-7-8-25(22(20)27-24(28-23)30-13-15-32-16-14-30)9-11-29(12-10-25)17-19-6-5-18-3-1-2-4-21(18)26-19/h1-6H,7-17H2,(H,27,28,31). The Morgan fingerprint density at radius 3 is 2.62 bits per heavy atom. The average Bonchev–Trinajstić information content (AvgIpc) is 3.20. The Labute approximate surface area is 187 Å². The van der Waals surface area contributed by atoms with Crippen LogP contribution in [0, 0.1) is 0 Å². The van der Waals surface area contributed by atoms with Gasteiger partial charge in [-0.1, -0.05) is 24.3 Å². The van der Waals surface area contributed by atoms with Gasteiger partial charge in [-0.25, -0.2) is 4.98 Å². The molecule has 2 saturated heterocycles. The van der Waals surface area contributed by atoms with Crippen LogP contribution in [0.3, 0.4) is 0 Å². The minimum atomic E-state index is 0.0396. The van der Waals surface area contributed by atoms with E-state index in [9.17, 15) is 4.79 Å². The molecule has 4 heterocycles. The second kappa shape index (κ2) is 7.98. The number of anilines is 1. The highest BCUT2D eigenvalue weighted by Gasteiger charge is 2.44. The van der Waals surface area contributed by atoms with Gasteiger partial charge < -0.3 is 9.64 Å². The maximum atomic E-state index is 12.8. The molecule has 0 radical (unpaired) electrons. The number of morpholine rings is 1. The number of aromatic nitrogens is 3. The third-order valence-corrected chi connectivity index (χ3v) is 7.52. The Balaban J connectivity index is 1.20. The Hall–Kier alpha value is -2.77. The van der Waals surface area contributed by atoms with Gasteiger partial charge >= 0.3 is 0 Å². The van der Waals surface area contributed by atoms with Crippen LogP contribution in [0.5, 0.6) is 0 Å². The highest BCUT2D eigenvalue weighted by Crippen LogP contribution is 2.44. The molecular formula is C25H29N5O2. The van der Waals surface area contributed by atoms with Crippen molar-refractivity contribution in [1.82, 2.24) is 19.9 Å². The van der Waals surface area contributed by atoms with Gasteiger partial charge in [-0.3, -0.25) is 19.7 Å². The molecule has 3 aromatic rings. The average molecular weight is 432 g/mol. The number of likely N-dealkylation sites (tertiary alicyclic amines) is 1. The quantitative estimate of drug-likeness (QED) is 0.687. The van der Waals surface area contributed by atoms with Crippen LogP contribution in [0.1, 0.15) is 36.2 Å². The number of fused-ring (bicyclic) bond motifs is 3. The Morgan fingerprint density at radius 2 is 1.78 bits per heavy atom. The van der Waals surface area contributed by atoms with Crippen LogP contribution in [0.2, 0.25) is 0 Å². The first-order valence-corrected chi connectivity index (χ1v) is 11.7. The number of para-hydroxylation sites is 1. The van der Waals surface area contributed by atoms with Gasteiger partial charge in [-0.05, 0) is 50.9 Å². The summed E-state index contributed by atoms with van der Waals surface area (Å²) in [5, 5.41) is 1.18. The van der Waals surface area contributed by atoms with E-state index >= 15 is 0 Å². The molecule has 0 atom stereocenters. The highest BCUT2D eigenvalue weighted by atomic mass is 16.5. The molecular weight excluding hydrogens is 402 g/mol. The first-order chi connectivity index (χ1) is 15.7. The largest absolute Gasteiger partial charge is 0.378 e. The molecule has 1 aliphatic carbocycles. The number of aromatic amines is 1. The number of hydrogen-bond donors (Lipinski definition) is 1. The van der Waals surface area contributed by atoms with Crippen molar-refractivity contribution in [2.45, 2.75) is 37.6 Å². The predicted octanol–water partition coefficient (Wildman–Crippen LogP) is 2.63. The lowest BCUT2D eigenvalue weighted by molar-refractivity contribution is 0.121. The van der Waals surface area contributed by atoms with Gasteiger partial charge in [0.2, 0.25) is 5.95 Å². The smallest absolute Gasteiger partial charge is 0.255 e. The summed E-state index contributed by atoms with van der Waals surface area (Å²) in [5.41, 5.74) is 4.24. The molecule has 2 aliphatic heterocycles. The van der Waals surface area contributed by atoms with Crippen molar-refractivity contribution in [1.29, 1.82) is 0 Å². The number of rotatable bonds is 3. The van der Waals surface area contributed by atoms with Gasteiger partial charge in [0.15, 0.2) is 0 Å². The second-order valence-corrected chi connectivity index (χ2v) is 9.37. The van der Waals surface area contributed by atoms with E-state index in [0.717, 1.165) is 86.8 Å². The van der Waals surface area contributed by atoms with Crippen molar-refractivity contribution < 1.29 is 4.74 Å². The van der Waals surface area contributed by atoms with E-state index in [1.165, 1.54) is 5.39 Å². The molecule has 0 bridgehead atoms. The first-order valence-electron chi connectivity index (χ1n) is 11.7. The third kappa shape index (κ3) is 3.49. The van der Waals surface area contributed by atoms with E-state index in [0.29, 0.717) is 13.2 Å². The predicted molar refractivity (Wildman–Crippen MR) is 124 cm³/mol. The molecule has 1 spiro atoms. The zero-order valence-corrected chi connectivity index (χ0v) is 18.3. The van der Waals surface area contributed by atoms with Crippen LogP contribution >= 0.6 is 0 Å². The topological polar surface area (TPSA) is 74.3 Å². The van der Waals surface area contributed by atoms with E-state index in [4.69, 9.17) is 14.7 Å². The Morgan fingerprint density at radius 1 is 0.969 bits per heavy atom. The van der Waals surface area contributed by atoms with Crippen molar-refractivity contribution in [2.75, 3.05) is 44.3 Å². The monoisotopic (exact) mass is 431 g/mol. The van der Waals surface area contributed by atoms with Crippen LogP contribution in [-0.2, 0) is 23.1 Å². The van der Waals surface area contributed by atoms with Crippen molar-refractivity contribution in [3.05, 3.63) is 63.7 Å². The van der Waals surface area contributed by atoms with Crippen molar-refractivity contribution >= 4 is 16.9 Å². The summed E-state index contributed by atoms with van der Waals surface area (Å²) in [6.07, 6.45) is 3.97. The van der Waals surface area contributed by atoms with E-state index < -0.39 is 0 Å². The van der Waals surface area contributed by atoms with Crippen molar-refractivity contribution in [3.8, 4) is 0 Å². The van der Waals surface area contributed by atoms with E-state index in [1.807, 2.05) is 6.07 Å². The number of ether oxygens (including phenoxy) is 1. The SMILES string of the molecule is O=c1[nH]c(N2CCOCC2)nc2c1CCC21CCN(Cc2ccc3ccccc3n2)CC1. The fraction of sp³-hybridized carbons (Fsp3) is 0.480. The van der Waals surface area contributed by atoms with Crippen LogP contribution in [-0.4, -0.2) is 59.2 Å². The number of benzene rings is 1. The summed E-state index contributed by atoms with van der Waals surface area (Å²) in [7, 11) is 0. The maximum Gasteiger partial charge on any atom is 0.255 e. The van der Waals surface area contributed by atoms with Crippen molar-refractivity contribution in [3.63, 3.8) is 0 Å². The lowest BCUT2D eigenvalue weighted by Gasteiger charge is -2.39. The third-order valence-electron chi connectivity index (χ3n) is 7.52. The number of hydrogen-bond acceptors (Lipinski definition) is 6. The number of piperidine rings is 1. The van der Waals surface area contributed by atoms with Crippen LogP contribution in [0.4, 0.5) is 5.95 Å². The number of nitrogens with zero attached hydrogens (tertiary/aromatic N) is 4. The molecule has 2 fully saturated rings. The zero-order chi connectivity index (χ0) is 21.5. The number of nitrogens with one attached hydrogen (secondary N) is 1. The van der Waals surface area contributed by atoms with Gasteiger partial charge in [-0.15, -0.1) is 0 Å². The van der Waals surface area contributed by atoms with E-state index in [-0.39, 0.29) is 11.0 Å². The Bertz CT molecular complexity index is 1190. The molecule has 6 rings (SSSR count). The molecule has 32 heavy (non-hydrogen) atoms. The molecule has 1 N–H and O–H groups in total. The van der Waals surface area contributed by atoms with Gasteiger partial charge in [0.1, 0.15) is 0 Å². The van der Waals surface area contributed by atoms with Gasteiger partial charge in [0, 0.05) is 36.0 Å². The normalized spacial score (nSPS) is 20.7. The molecule has 2 aromatic heterocycles. The minimum absolute atomic E-state index is 0.0396. The summed E-state index contributed by atoms with van der Waals surface area (Å²) < 4.78 is 5.47. The summed E-state index contributed by atoms with van der Waals surface area (Å²) in [5.74, 6) is 0.723. The molecule has 7 nitrogen and oxygen atoms in total. The zero-order valence-electron chi connectivity index (χ0n) is 18.3. The molecule has 0 saturated carbocycles. The molecule has 166 valence electrons. The Kier molecular flexibility index (Phi) is 4.96. The van der Waals surface area contributed by atoms with Crippen LogP contribution in [0.25, 0.3) is 10.9 Å².